The molecule has 0 spiro atoms. The molecule has 0 amide bonds. The molecule has 0 radical (unpaired) electrons. The van der Waals surface area contributed by atoms with Gasteiger partial charge in [-0.25, -0.2) is 4.39 Å². The molecule has 0 aliphatic heterocycles. The van der Waals surface area contributed by atoms with Crippen LogP contribution in [0.25, 0.3) is 16.8 Å². The van der Waals surface area contributed by atoms with Crippen LogP contribution in [0.15, 0.2) is 47.6 Å². The van der Waals surface area contributed by atoms with Gasteiger partial charge in [0.1, 0.15) is 5.82 Å². The normalized spacial score (nSPS) is 13.4. The number of anilines is 1. The van der Waals surface area contributed by atoms with Gasteiger partial charge in [0.25, 0.3) is 0 Å². The number of carbonyl (C=O) groups excluding carboxylic acids is 1. The highest BCUT2D eigenvalue weighted by atomic mass is 35.5. The highest BCUT2D eigenvalue weighted by molar-refractivity contribution is 6.33. The fourth-order valence-electron chi connectivity index (χ4n) is 5.37. The highest BCUT2D eigenvalue weighted by Crippen LogP contribution is 2.41. The van der Waals surface area contributed by atoms with Crippen molar-refractivity contribution in [3.63, 3.8) is 0 Å². The van der Waals surface area contributed by atoms with E-state index in [9.17, 15) is 4.79 Å². The third-order valence-corrected chi connectivity index (χ3v) is 8.00. The first kappa shape index (κ1) is 33.3. The molecule has 0 fully saturated rings. The lowest BCUT2D eigenvalue weighted by Crippen LogP contribution is -2.50. The van der Waals surface area contributed by atoms with Crippen LogP contribution in [0.4, 0.5) is 10.1 Å². The van der Waals surface area contributed by atoms with E-state index < -0.39 is 5.54 Å². The van der Waals surface area contributed by atoms with E-state index in [4.69, 9.17) is 11.6 Å². The van der Waals surface area contributed by atoms with Gasteiger partial charge in [-0.1, -0.05) is 83.8 Å². The fraction of sp³-hybridized carbons (Fsp3) is 0.471. The zero-order chi connectivity index (χ0) is 30.0. The molecule has 2 N–H and O–H groups in total. The molecule has 0 bridgehead atoms. The van der Waals surface area contributed by atoms with Crippen LogP contribution in [-0.4, -0.2) is 18.0 Å². The second-order valence-electron chi connectivity index (χ2n) is 11.0. The fourth-order valence-corrected chi connectivity index (χ4v) is 5.67. The minimum absolute atomic E-state index is 0.0861. The lowest BCUT2D eigenvalue weighted by molar-refractivity contribution is -0.123. The quantitative estimate of drug-likeness (QED) is 0.120. The average molecular weight is 568 g/mol. The minimum Gasteiger partial charge on any atom is -0.372 e. The Kier molecular flexibility index (Phi) is 12.6. The van der Waals surface area contributed by atoms with Crippen LogP contribution < -0.4 is 10.7 Å². The van der Waals surface area contributed by atoms with Crippen molar-refractivity contribution >= 4 is 35.5 Å². The van der Waals surface area contributed by atoms with E-state index in [0.717, 1.165) is 41.8 Å². The number of benzene rings is 2. The highest BCUT2D eigenvalue weighted by Gasteiger charge is 2.36. The minimum atomic E-state index is -0.767. The molecule has 0 saturated heterocycles. The molecule has 0 heterocycles. The topological polar surface area (TPSA) is 53.5 Å². The summed E-state index contributed by atoms with van der Waals surface area (Å²) in [6.07, 6.45) is 6.85. The van der Waals surface area contributed by atoms with Gasteiger partial charge in [-0.3, -0.25) is 10.2 Å². The van der Waals surface area contributed by atoms with Gasteiger partial charge in [-0.2, -0.15) is 5.10 Å². The number of ketones is 1. The van der Waals surface area contributed by atoms with Gasteiger partial charge in [0, 0.05) is 23.5 Å². The number of hydrogen-bond acceptors (Lipinski definition) is 4. The average Bonchev–Trinajstić information content (AvgIpc) is 2.90. The first-order valence-corrected chi connectivity index (χ1v) is 14.9. The lowest BCUT2D eigenvalue weighted by atomic mass is 9.81. The van der Waals surface area contributed by atoms with Gasteiger partial charge in [-0.15, -0.1) is 0 Å². The predicted octanol–water partition coefficient (Wildman–Crippen LogP) is 9.90. The van der Waals surface area contributed by atoms with Crippen LogP contribution in [0.2, 0.25) is 5.02 Å². The SMILES string of the molecule is C=C/C(CC)=C(/NC(CCC)(CCC(C)C)C(C)=O)c1cc(Cl)c(-c2cccc(NN=C)c2C)c(F)c1CCC. The summed E-state index contributed by atoms with van der Waals surface area (Å²) in [6, 6.07) is 7.44. The Morgan fingerprint density at radius 2 is 1.90 bits per heavy atom. The Hall–Kier alpha value is -2.92. The molecule has 2 aromatic rings. The number of hydrazone groups is 1. The number of hydrogen-bond donors (Lipinski definition) is 2. The molecule has 2 rings (SSSR count). The zero-order valence-corrected chi connectivity index (χ0v) is 26.2. The van der Waals surface area contributed by atoms with Crippen molar-refractivity contribution in [3.8, 4) is 11.1 Å². The summed E-state index contributed by atoms with van der Waals surface area (Å²) >= 11 is 6.94. The Morgan fingerprint density at radius 3 is 2.42 bits per heavy atom. The summed E-state index contributed by atoms with van der Waals surface area (Å²) < 4.78 is 16.7. The first-order valence-electron chi connectivity index (χ1n) is 14.5. The predicted molar refractivity (Wildman–Crippen MR) is 172 cm³/mol. The molecule has 6 heteroatoms. The molecule has 0 aromatic heterocycles. The number of nitrogens with zero attached hydrogens (tertiary/aromatic N) is 1. The number of carbonyl (C=O) groups is 1. The Labute approximate surface area is 246 Å². The van der Waals surface area contributed by atoms with Gasteiger partial charge in [0.2, 0.25) is 0 Å². The van der Waals surface area contributed by atoms with Crippen LogP contribution in [0.1, 0.15) is 96.8 Å². The molecule has 0 aliphatic carbocycles. The summed E-state index contributed by atoms with van der Waals surface area (Å²) in [5.74, 6) is 0.186. The maximum absolute atomic E-state index is 16.7. The van der Waals surface area contributed by atoms with E-state index in [1.54, 1.807) is 13.0 Å². The second kappa shape index (κ2) is 15.2. The smallest absolute Gasteiger partial charge is 0.155 e. The van der Waals surface area contributed by atoms with Crippen LogP contribution >= 0.6 is 11.6 Å². The molecule has 1 unspecified atom stereocenters. The molecule has 1 atom stereocenters. The van der Waals surface area contributed by atoms with Gasteiger partial charge in [-0.05, 0) is 86.3 Å². The van der Waals surface area contributed by atoms with Crippen LogP contribution in [0, 0.1) is 18.7 Å². The maximum Gasteiger partial charge on any atom is 0.155 e. The van der Waals surface area contributed by atoms with Crippen molar-refractivity contribution in [2.75, 3.05) is 5.43 Å². The monoisotopic (exact) mass is 567 g/mol. The van der Waals surface area contributed by atoms with E-state index in [1.165, 1.54) is 0 Å². The molecular weight excluding hydrogens is 521 g/mol. The van der Waals surface area contributed by atoms with E-state index in [-0.39, 0.29) is 11.6 Å². The van der Waals surface area contributed by atoms with Crippen LogP contribution in [0.3, 0.4) is 0 Å². The molecule has 2 aromatic carbocycles. The van der Waals surface area contributed by atoms with Gasteiger partial charge < -0.3 is 5.32 Å². The van der Waals surface area contributed by atoms with Crippen molar-refractivity contribution in [1.29, 1.82) is 0 Å². The standard InChI is InChI=1S/C34H47ClFN3O/c1-10-15-27-28(21-29(35)31(32(27)36)26-16-14-17-30(23(26)7)39-37-9)33(25(12-3)13-4)38-34(19-11-2,24(8)40)20-18-22(5)6/h12,14,16-17,21-22,38-39H,3,9-11,13,15,18-20H2,1-2,4-8H3/b33-25-. The summed E-state index contributed by atoms with van der Waals surface area (Å²) in [5, 5.41) is 7.78. The third-order valence-electron chi connectivity index (χ3n) is 7.70. The third kappa shape index (κ3) is 7.42. The molecule has 0 aliphatic rings. The number of halogens is 2. The summed E-state index contributed by atoms with van der Waals surface area (Å²) in [5.41, 5.74) is 7.66. The van der Waals surface area contributed by atoms with Gasteiger partial charge in [0.15, 0.2) is 5.78 Å². The van der Waals surface area contributed by atoms with Crippen molar-refractivity contribution in [3.05, 3.63) is 70.0 Å². The van der Waals surface area contributed by atoms with E-state index >= 15 is 4.39 Å². The van der Waals surface area contributed by atoms with Crippen molar-refractivity contribution < 1.29 is 9.18 Å². The molecule has 40 heavy (non-hydrogen) atoms. The molecule has 218 valence electrons. The first-order chi connectivity index (χ1) is 19.0. The van der Waals surface area contributed by atoms with Gasteiger partial charge in [0.05, 0.1) is 16.2 Å². The van der Waals surface area contributed by atoms with Crippen molar-refractivity contribution in [2.45, 2.75) is 99.0 Å². The number of rotatable bonds is 16. The lowest BCUT2D eigenvalue weighted by Gasteiger charge is -2.36. The summed E-state index contributed by atoms with van der Waals surface area (Å²) in [6.45, 7) is 21.6. The Bertz CT molecular complexity index is 1250. The van der Waals surface area contributed by atoms with E-state index in [0.29, 0.717) is 58.9 Å². The zero-order valence-electron chi connectivity index (χ0n) is 25.4. The number of nitrogens with one attached hydrogen (secondary N) is 2. The molecular formula is C34H47ClFN3O. The molecule has 0 saturated carbocycles. The Morgan fingerprint density at radius 1 is 1.20 bits per heavy atom. The summed E-state index contributed by atoms with van der Waals surface area (Å²) in [7, 11) is 0. The second-order valence-corrected chi connectivity index (χ2v) is 11.4. The van der Waals surface area contributed by atoms with Crippen molar-refractivity contribution in [2.24, 2.45) is 11.0 Å². The largest absolute Gasteiger partial charge is 0.372 e. The number of Topliss-reactive ketones (excluding diaryl/α,β-unsaturated/α-hetero) is 1. The Balaban J connectivity index is 2.91. The van der Waals surface area contributed by atoms with Crippen molar-refractivity contribution in [1.82, 2.24) is 5.32 Å². The van der Waals surface area contributed by atoms with E-state index in [1.807, 2.05) is 45.0 Å². The number of allylic oxidation sites excluding steroid dienone is 2. The summed E-state index contributed by atoms with van der Waals surface area (Å²) in [4.78, 5) is 13.3. The molecule has 4 nitrogen and oxygen atoms in total. The van der Waals surface area contributed by atoms with Gasteiger partial charge >= 0.3 is 0 Å². The maximum atomic E-state index is 16.7. The van der Waals surface area contributed by atoms with E-state index in [2.05, 4.69) is 49.9 Å². The van der Waals surface area contributed by atoms with Crippen LogP contribution in [-0.2, 0) is 11.2 Å². The van der Waals surface area contributed by atoms with Crippen LogP contribution in [0.5, 0.6) is 0 Å².